The molecule has 0 aliphatic rings. The van der Waals surface area contributed by atoms with Crippen LogP contribution in [0.15, 0.2) is 34.9 Å². The number of halogens is 4. The second-order valence-corrected chi connectivity index (χ2v) is 4.39. The molecule has 0 spiro atoms. The summed E-state index contributed by atoms with van der Waals surface area (Å²) >= 11 is 5.64. The first-order chi connectivity index (χ1) is 9.38. The average molecular weight is 304 g/mol. The van der Waals surface area contributed by atoms with Crippen molar-refractivity contribution in [1.29, 1.82) is 0 Å². The van der Waals surface area contributed by atoms with E-state index in [1.54, 1.807) is 12.1 Å². The largest absolute Gasteiger partial charge is 0.469 e. The third kappa shape index (κ3) is 3.39. The Bertz CT molecular complexity index is 609. The van der Waals surface area contributed by atoms with Crippen LogP contribution in [-0.4, -0.2) is 10.8 Å². The van der Waals surface area contributed by atoms with Crippen molar-refractivity contribution < 1.29 is 22.4 Å². The molecule has 0 aliphatic heterocycles. The molecule has 0 saturated carbocycles. The Morgan fingerprint density at radius 2 is 2.05 bits per heavy atom. The molecule has 0 saturated heterocycles. The van der Waals surface area contributed by atoms with Gasteiger partial charge in [0.25, 0.3) is 0 Å². The first-order valence-corrected chi connectivity index (χ1v) is 6.05. The number of pyridine rings is 1. The normalized spacial score (nSPS) is 11.6. The van der Waals surface area contributed by atoms with Gasteiger partial charge in [-0.25, -0.2) is 4.98 Å². The van der Waals surface area contributed by atoms with E-state index in [1.165, 1.54) is 6.26 Å². The van der Waals surface area contributed by atoms with Gasteiger partial charge in [0.05, 0.1) is 11.8 Å². The van der Waals surface area contributed by atoms with E-state index in [0.29, 0.717) is 12.2 Å². The van der Waals surface area contributed by atoms with Crippen molar-refractivity contribution in [3.8, 4) is 0 Å². The van der Waals surface area contributed by atoms with Gasteiger partial charge in [-0.1, -0.05) is 11.6 Å². The molecule has 0 atom stereocenters. The highest BCUT2D eigenvalue weighted by molar-refractivity contribution is 6.32. The first kappa shape index (κ1) is 14.6. The second-order valence-electron chi connectivity index (χ2n) is 4.04. The molecule has 106 valence electrons. The lowest BCUT2D eigenvalue weighted by Gasteiger charge is -2.08. The van der Waals surface area contributed by atoms with Crippen LogP contribution in [0.4, 0.5) is 13.2 Å². The minimum Gasteiger partial charge on any atom is -0.469 e. The number of Topliss-reactive ketones (excluding diaryl/α,β-unsaturated/α-hetero) is 1. The summed E-state index contributed by atoms with van der Waals surface area (Å²) in [4.78, 5) is 15.1. The SMILES string of the molecule is O=C(CCc1ccco1)c1ccc(C(F)(F)F)nc1Cl. The van der Waals surface area contributed by atoms with Gasteiger partial charge in [0.15, 0.2) is 5.78 Å². The highest BCUT2D eigenvalue weighted by Gasteiger charge is 2.33. The number of nitrogens with zero attached hydrogens (tertiary/aromatic N) is 1. The quantitative estimate of drug-likeness (QED) is 0.629. The Hall–Kier alpha value is -1.82. The molecule has 3 nitrogen and oxygen atoms in total. The third-order valence-electron chi connectivity index (χ3n) is 2.62. The molecular weight excluding hydrogens is 295 g/mol. The van der Waals surface area contributed by atoms with Crippen molar-refractivity contribution in [2.45, 2.75) is 19.0 Å². The number of aryl methyl sites for hydroxylation is 1. The Kier molecular flexibility index (Phi) is 4.13. The van der Waals surface area contributed by atoms with Gasteiger partial charge in [0, 0.05) is 12.8 Å². The summed E-state index contributed by atoms with van der Waals surface area (Å²) in [5.74, 6) is 0.238. The Morgan fingerprint density at radius 1 is 1.30 bits per heavy atom. The smallest absolute Gasteiger partial charge is 0.433 e. The zero-order chi connectivity index (χ0) is 14.8. The topological polar surface area (TPSA) is 43.1 Å². The lowest BCUT2D eigenvalue weighted by atomic mass is 10.1. The molecule has 20 heavy (non-hydrogen) atoms. The summed E-state index contributed by atoms with van der Waals surface area (Å²) in [5, 5.41) is -0.440. The van der Waals surface area contributed by atoms with Crippen LogP contribution in [0.5, 0.6) is 0 Å². The van der Waals surface area contributed by atoms with Gasteiger partial charge in [0.2, 0.25) is 0 Å². The standard InChI is InChI=1S/C13H9ClF3NO2/c14-12-9(4-6-11(18-12)13(15,16)17)10(19)5-3-8-2-1-7-20-8/h1-2,4,6-7H,3,5H2. The molecule has 0 aliphatic carbocycles. The first-order valence-electron chi connectivity index (χ1n) is 5.67. The molecule has 2 aromatic heterocycles. The maximum atomic E-state index is 12.4. The molecule has 0 bridgehead atoms. The van der Waals surface area contributed by atoms with E-state index in [0.717, 1.165) is 12.1 Å². The lowest BCUT2D eigenvalue weighted by Crippen LogP contribution is -2.10. The number of furan rings is 1. The monoisotopic (exact) mass is 303 g/mol. The maximum Gasteiger partial charge on any atom is 0.433 e. The van der Waals surface area contributed by atoms with Gasteiger partial charge in [-0.3, -0.25) is 4.79 Å². The fraction of sp³-hybridized carbons (Fsp3) is 0.231. The van der Waals surface area contributed by atoms with Gasteiger partial charge in [-0.15, -0.1) is 0 Å². The van der Waals surface area contributed by atoms with E-state index in [4.69, 9.17) is 16.0 Å². The molecule has 0 aromatic carbocycles. The zero-order valence-corrected chi connectivity index (χ0v) is 10.8. The fourth-order valence-electron chi connectivity index (χ4n) is 1.63. The van der Waals surface area contributed by atoms with Crippen LogP contribution in [0.3, 0.4) is 0 Å². The summed E-state index contributed by atoms with van der Waals surface area (Å²) in [5.41, 5.74) is -1.14. The molecule has 0 radical (unpaired) electrons. The van der Waals surface area contributed by atoms with E-state index in [9.17, 15) is 18.0 Å². The fourth-order valence-corrected chi connectivity index (χ4v) is 1.89. The van der Waals surface area contributed by atoms with Crippen molar-refractivity contribution in [1.82, 2.24) is 4.98 Å². The van der Waals surface area contributed by atoms with Gasteiger partial charge < -0.3 is 4.42 Å². The molecule has 0 N–H and O–H groups in total. The minimum absolute atomic E-state index is 0.0220. The van der Waals surface area contributed by atoms with E-state index in [-0.39, 0.29) is 17.8 Å². The van der Waals surface area contributed by atoms with Crippen LogP contribution in [0, 0.1) is 0 Å². The van der Waals surface area contributed by atoms with Crippen molar-refractivity contribution in [2.24, 2.45) is 0 Å². The number of rotatable bonds is 4. The van der Waals surface area contributed by atoms with Crippen LogP contribution in [0.1, 0.15) is 28.2 Å². The van der Waals surface area contributed by atoms with Crippen LogP contribution in [0.25, 0.3) is 0 Å². The van der Waals surface area contributed by atoms with Crippen LogP contribution >= 0.6 is 11.6 Å². The van der Waals surface area contributed by atoms with Crippen molar-refractivity contribution in [3.63, 3.8) is 0 Å². The Balaban J connectivity index is 2.10. The van der Waals surface area contributed by atoms with E-state index >= 15 is 0 Å². The number of carbonyl (C=O) groups excluding carboxylic acids is 1. The molecule has 2 rings (SSSR count). The number of ketones is 1. The molecule has 0 unspecified atom stereocenters. The van der Waals surface area contributed by atoms with Crippen LogP contribution in [0.2, 0.25) is 5.15 Å². The number of aromatic nitrogens is 1. The summed E-state index contributed by atoms with van der Waals surface area (Å²) in [6.07, 6.45) is -2.67. The maximum absolute atomic E-state index is 12.4. The Labute approximate surface area is 117 Å². The van der Waals surface area contributed by atoms with E-state index in [1.807, 2.05) is 0 Å². The van der Waals surface area contributed by atoms with Gasteiger partial charge >= 0.3 is 6.18 Å². The van der Waals surface area contributed by atoms with Crippen LogP contribution in [-0.2, 0) is 12.6 Å². The summed E-state index contributed by atoms with van der Waals surface area (Å²) < 4.78 is 42.3. The van der Waals surface area contributed by atoms with Crippen molar-refractivity contribution in [2.75, 3.05) is 0 Å². The molecule has 0 fully saturated rings. The molecule has 0 amide bonds. The van der Waals surface area contributed by atoms with E-state index in [2.05, 4.69) is 4.98 Å². The van der Waals surface area contributed by atoms with Crippen LogP contribution < -0.4 is 0 Å². The van der Waals surface area contributed by atoms with Crippen molar-refractivity contribution >= 4 is 17.4 Å². The lowest BCUT2D eigenvalue weighted by molar-refractivity contribution is -0.141. The zero-order valence-electron chi connectivity index (χ0n) is 10.1. The second kappa shape index (κ2) is 5.66. The highest BCUT2D eigenvalue weighted by atomic mass is 35.5. The van der Waals surface area contributed by atoms with Gasteiger partial charge in [-0.05, 0) is 24.3 Å². The number of hydrogen-bond acceptors (Lipinski definition) is 3. The Morgan fingerprint density at radius 3 is 2.60 bits per heavy atom. The number of alkyl halides is 3. The van der Waals surface area contributed by atoms with Crippen molar-refractivity contribution in [3.05, 3.63) is 52.7 Å². The molecule has 2 aromatic rings. The average Bonchev–Trinajstić information content (AvgIpc) is 2.87. The molecule has 7 heteroatoms. The third-order valence-corrected chi connectivity index (χ3v) is 2.91. The number of carbonyl (C=O) groups is 1. The van der Waals surface area contributed by atoms with E-state index < -0.39 is 17.0 Å². The number of hydrogen-bond donors (Lipinski definition) is 0. The predicted molar refractivity (Wildman–Crippen MR) is 65.6 cm³/mol. The van der Waals surface area contributed by atoms with Gasteiger partial charge in [0.1, 0.15) is 16.6 Å². The van der Waals surface area contributed by atoms with Gasteiger partial charge in [-0.2, -0.15) is 13.2 Å². The summed E-state index contributed by atoms with van der Waals surface area (Å²) in [6.45, 7) is 0. The highest BCUT2D eigenvalue weighted by Crippen LogP contribution is 2.29. The minimum atomic E-state index is -4.58. The molecule has 2 heterocycles. The summed E-state index contributed by atoms with van der Waals surface area (Å²) in [6, 6.07) is 5.18. The predicted octanol–water partition coefficient (Wildman–Crippen LogP) is 4.16. The summed E-state index contributed by atoms with van der Waals surface area (Å²) in [7, 11) is 0. The molecular formula is C13H9ClF3NO2.